The molecule has 3 rings (SSSR count). The molecule has 0 spiro atoms. The van der Waals surface area contributed by atoms with Gasteiger partial charge in [0, 0.05) is 16.0 Å². The maximum absolute atomic E-state index is 12.1. The predicted molar refractivity (Wildman–Crippen MR) is 102 cm³/mol. The van der Waals surface area contributed by atoms with E-state index in [1.54, 1.807) is 48.5 Å². The van der Waals surface area contributed by atoms with E-state index in [1.807, 2.05) is 5.48 Å². The molecule has 6 nitrogen and oxygen atoms in total. The van der Waals surface area contributed by atoms with Crippen LogP contribution in [0.15, 0.2) is 52.9 Å². The van der Waals surface area contributed by atoms with Gasteiger partial charge in [-0.15, -0.1) is 0 Å². The number of furan rings is 1. The number of thiocarbonyl (C=S) groups is 1. The summed E-state index contributed by atoms with van der Waals surface area (Å²) in [6.45, 7) is 0.606. The maximum atomic E-state index is 12.1. The average Bonchev–Trinajstić information content (AvgIpc) is 3.08. The van der Waals surface area contributed by atoms with Gasteiger partial charge in [0.1, 0.15) is 22.9 Å². The van der Waals surface area contributed by atoms with Crippen LogP contribution in [-0.4, -0.2) is 29.3 Å². The first-order valence-electron chi connectivity index (χ1n) is 7.71. The summed E-state index contributed by atoms with van der Waals surface area (Å²) >= 11 is 10.8. The van der Waals surface area contributed by atoms with E-state index in [1.165, 1.54) is 0 Å². The van der Waals surface area contributed by atoms with E-state index in [0.29, 0.717) is 35.1 Å². The van der Waals surface area contributed by atoms with Gasteiger partial charge in [-0.25, -0.2) is 0 Å². The Morgan fingerprint density at radius 1 is 1.19 bits per heavy atom. The zero-order valence-electron chi connectivity index (χ0n) is 13.5. The molecule has 0 saturated carbocycles. The lowest BCUT2D eigenvalue weighted by Gasteiger charge is -2.08. The van der Waals surface area contributed by atoms with Gasteiger partial charge in [-0.1, -0.05) is 23.8 Å². The lowest BCUT2D eigenvalue weighted by atomic mass is 10.2. The van der Waals surface area contributed by atoms with Gasteiger partial charge < -0.3 is 14.5 Å². The zero-order valence-corrected chi connectivity index (χ0v) is 15.1. The standard InChI is InChI=1S/C18H15ClN2O4S/c19-13-3-6-15-12(9-13)10-16(25-15)17(22)20-7-8-24-14-4-1-11(2-5-14)18(26)21-23/h1-6,9-10,23H,7-8H2,(H,20,22)(H,21,26). The van der Waals surface area contributed by atoms with Crippen molar-refractivity contribution in [3.05, 3.63) is 64.9 Å². The fourth-order valence-corrected chi connectivity index (χ4v) is 2.63. The number of carbonyl (C=O) groups excluding carboxylic acids is 1. The number of halogens is 1. The minimum atomic E-state index is -0.323. The molecular weight excluding hydrogens is 376 g/mol. The van der Waals surface area contributed by atoms with E-state index < -0.39 is 0 Å². The van der Waals surface area contributed by atoms with Crippen molar-refractivity contribution in [2.45, 2.75) is 0 Å². The molecule has 0 radical (unpaired) electrons. The van der Waals surface area contributed by atoms with Gasteiger partial charge >= 0.3 is 0 Å². The number of benzene rings is 2. The van der Waals surface area contributed by atoms with Crippen LogP contribution in [0.1, 0.15) is 16.1 Å². The van der Waals surface area contributed by atoms with Gasteiger partial charge in [-0.05, 0) is 48.5 Å². The molecule has 1 amide bonds. The quantitative estimate of drug-likeness (QED) is 0.339. The highest BCUT2D eigenvalue weighted by Crippen LogP contribution is 2.22. The molecule has 3 N–H and O–H groups in total. The number of rotatable bonds is 6. The third kappa shape index (κ3) is 4.32. The van der Waals surface area contributed by atoms with Crippen molar-refractivity contribution in [1.29, 1.82) is 0 Å². The van der Waals surface area contributed by atoms with Crippen LogP contribution >= 0.6 is 23.8 Å². The predicted octanol–water partition coefficient (Wildman–Crippen LogP) is 3.55. The molecule has 26 heavy (non-hydrogen) atoms. The second-order valence-corrected chi connectivity index (χ2v) is 6.21. The molecule has 0 saturated heterocycles. The summed E-state index contributed by atoms with van der Waals surface area (Å²) in [6.07, 6.45) is 0. The molecule has 2 aromatic carbocycles. The fraction of sp³-hybridized carbons (Fsp3) is 0.111. The van der Waals surface area contributed by atoms with Crippen LogP contribution in [0.5, 0.6) is 5.75 Å². The van der Waals surface area contributed by atoms with Gasteiger partial charge in [0.05, 0.1) is 6.54 Å². The Bertz CT molecular complexity index is 940. The summed E-state index contributed by atoms with van der Waals surface area (Å²) in [6, 6.07) is 13.7. The summed E-state index contributed by atoms with van der Waals surface area (Å²) in [5.74, 6) is 0.523. The van der Waals surface area contributed by atoms with Crippen molar-refractivity contribution in [2.24, 2.45) is 0 Å². The van der Waals surface area contributed by atoms with Gasteiger partial charge in [0.25, 0.3) is 5.91 Å². The molecule has 134 valence electrons. The maximum Gasteiger partial charge on any atom is 0.287 e. The Morgan fingerprint density at radius 3 is 2.69 bits per heavy atom. The van der Waals surface area contributed by atoms with Crippen LogP contribution in [0, 0.1) is 0 Å². The van der Waals surface area contributed by atoms with Crippen molar-refractivity contribution in [1.82, 2.24) is 10.8 Å². The third-order valence-electron chi connectivity index (χ3n) is 3.58. The highest BCUT2D eigenvalue weighted by atomic mass is 35.5. The SMILES string of the molecule is O=C(NCCOc1ccc(C(=S)NO)cc1)c1cc2cc(Cl)ccc2o1. The van der Waals surface area contributed by atoms with Crippen LogP contribution < -0.4 is 15.5 Å². The second-order valence-electron chi connectivity index (χ2n) is 5.36. The number of ether oxygens (including phenoxy) is 1. The lowest BCUT2D eigenvalue weighted by molar-refractivity contribution is 0.0921. The van der Waals surface area contributed by atoms with Crippen molar-refractivity contribution in [3.63, 3.8) is 0 Å². The van der Waals surface area contributed by atoms with E-state index in [0.717, 1.165) is 5.39 Å². The van der Waals surface area contributed by atoms with Crippen LogP contribution in [0.4, 0.5) is 0 Å². The number of fused-ring (bicyclic) bond motifs is 1. The molecule has 0 atom stereocenters. The normalized spacial score (nSPS) is 10.5. The topological polar surface area (TPSA) is 83.7 Å². The number of hydrogen-bond acceptors (Lipinski definition) is 5. The number of hydrogen-bond donors (Lipinski definition) is 3. The number of amides is 1. The Balaban J connectivity index is 1.49. The number of carbonyl (C=O) groups is 1. The van der Waals surface area contributed by atoms with Gasteiger partial charge in [-0.2, -0.15) is 0 Å². The van der Waals surface area contributed by atoms with Gasteiger partial charge in [0.2, 0.25) is 0 Å². The molecule has 0 bridgehead atoms. The van der Waals surface area contributed by atoms with E-state index in [-0.39, 0.29) is 16.7 Å². The molecule has 8 heteroatoms. The fourth-order valence-electron chi connectivity index (χ4n) is 2.31. The number of hydroxylamine groups is 1. The molecular formula is C18H15ClN2O4S. The smallest absolute Gasteiger partial charge is 0.287 e. The first kappa shape index (κ1) is 18.2. The first-order chi connectivity index (χ1) is 12.6. The average molecular weight is 391 g/mol. The Kier molecular flexibility index (Phi) is 5.72. The molecule has 3 aromatic rings. The van der Waals surface area contributed by atoms with Gasteiger partial charge in [-0.3, -0.25) is 15.5 Å². The lowest BCUT2D eigenvalue weighted by Crippen LogP contribution is -2.27. The van der Waals surface area contributed by atoms with Crippen molar-refractivity contribution >= 4 is 45.7 Å². The molecule has 0 aliphatic heterocycles. The van der Waals surface area contributed by atoms with Crippen LogP contribution in [0.3, 0.4) is 0 Å². The summed E-state index contributed by atoms with van der Waals surface area (Å²) in [4.78, 5) is 12.4. The largest absolute Gasteiger partial charge is 0.492 e. The summed E-state index contributed by atoms with van der Waals surface area (Å²) in [5, 5.41) is 12.8. The molecule has 0 fully saturated rings. The molecule has 0 aliphatic rings. The Labute approximate surface area is 159 Å². The van der Waals surface area contributed by atoms with Gasteiger partial charge in [0.15, 0.2) is 5.76 Å². The van der Waals surface area contributed by atoms with Crippen molar-refractivity contribution in [2.75, 3.05) is 13.2 Å². The minimum Gasteiger partial charge on any atom is -0.492 e. The molecule has 0 aliphatic carbocycles. The van der Waals surface area contributed by atoms with E-state index >= 15 is 0 Å². The monoisotopic (exact) mass is 390 g/mol. The van der Waals surface area contributed by atoms with E-state index in [9.17, 15) is 4.79 Å². The molecule has 1 heterocycles. The third-order valence-corrected chi connectivity index (χ3v) is 4.14. The zero-order chi connectivity index (χ0) is 18.5. The Hall–Kier alpha value is -2.61. The van der Waals surface area contributed by atoms with Crippen LogP contribution in [0.2, 0.25) is 5.02 Å². The van der Waals surface area contributed by atoms with Crippen molar-refractivity contribution in [3.8, 4) is 5.75 Å². The first-order valence-corrected chi connectivity index (χ1v) is 8.50. The Morgan fingerprint density at radius 2 is 1.96 bits per heavy atom. The number of nitrogens with one attached hydrogen (secondary N) is 2. The molecule has 0 unspecified atom stereocenters. The van der Waals surface area contributed by atoms with E-state index in [2.05, 4.69) is 5.32 Å². The summed E-state index contributed by atoms with van der Waals surface area (Å²) < 4.78 is 11.0. The molecule has 1 aromatic heterocycles. The van der Waals surface area contributed by atoms with E-state index in [4.69, 9.17) is 38.2 Å². The second kappa shape index (κ2) is 8.18. The van der Waals surface area contributed by atoms with Crippen LogP contribution in [-0.2, 0) is 0 Å². The highest BCUT2D eigenvalue weighted by Gasteiger charge is 2.12. The summed E-state index contributed by atoms with van der Waals surface area (Å²) in [5.41, 5.74) is 3.20. The summed E-state index contributed by atoms with van der Waals surface area (Å²) in [7, 11) is 0. The highest BCUT2D eigenvalue weighted by molar-refractivity contribution is 7.80. The van der Waals surface area contributed by atoms with Crippen LogP contribution in [0.25, 0.3) is 11.0 Å². The van der Waals surface area contributed by atoms with Crippen molar-refractivity contribution < 1.29 is 19.2 Å². The minimum absolute atomic E-state index is 0.219.